The maximum absolute atomic E-state index is 7.16. The van der Waals surface area contributed by atoms with Crippen molar-refractivity contribution >= 4 is 22.1 Å². The molecule has 264 valence electrons. The monoisotopic (exact) mass is 717 g/mol. The number of hydrogen-bond donors (Lipinski definition) is 0. The quantitative estimate of drug-likeness (QED) is 0.181. The minimum atomic E-state index is -0.440. The van der Waals surface area contributed by atoms with Crippen molar-refractivity contribution in [1.82, 2.24) is 0 Å². The van der Waals surface area contributed by atoms with Crippen LogP contribution < -0.4 is 14.4 Å². The van der Waals surface area contributed by atoms with Crippen LogP contribution in [0.4, 0.5) is 11.4 Å². The summed E-state index contributed by atoms with van der Waals surface area (Å²) in [6, 6.07) is 65.7. The molecular formula is C53H35NO2. The molecule has 1 aliphatic heterocycles. The van der Waals surface area contributed by atoms with Gasteiger partial charge in [-0.1, -0.05) is 152 Å². The Morgan fingerprint density at radius 3 is 1.75 bits per heavy atom. The summed E-state index contributed by atoms with van der Waals surface area (Å²) in [6.07, 6.45) is 5.72. The van der Waals surface area contributed by atoms with Gasteiger partial charge in [0.1, 0.15) is 0 Å². The van der Waals surface area contributed by atoms with Crippen LogP contribution in [0.5, 0.6) is 11.5 Å². The molecule has 0 bridgehead atoms. The van der Waals surface area contributed by atoms with E-state index in [0.717, 1.165) is 28.6 Å². The Bertz CT molecular complexity index is 2890. The Morgan fingerprint density at radius 2 is 1.02 bits per heavy atom. The van der Waals surface area contributed by atoms with E-state index >= 15 is 0 Å². The van der Waals surface area contributed by atoms with Crippen molar-refractivity contribution < 1.29 is 9.47 Å². The topological polar surface area (TPSA) is 21.7 Å². The normalized spacial score (nSPS) is 17.4. The second kappa shape index (κ2) is 11.9. The lowest BCUT2D eigenvalue weighted by Gasteiger charge is -2.40. The molecule has 2 atom stereocenters. The predicted octanol–water partition coefficient (Wildman–Crippen LogP) is 12.7. The average Bonchev–Trinajstić information content (AvgIpc) is 3.72. The molecule has 0 aromatic heterocycles. The third-order valence-corrected chi connectivity index (χ3v) is 12.2. The van der Waals surface area contributed by atoms with E-state index in [1.807, 2.05) is 0 Å². The van der Waals surface area contributed by atoms with Crippen molar-refractivity contribution in [2.75, 3.05) is 4.90 Å². The van der Waals surface area contributed by atoms with Crippen LogP contribution >= 0.6 is 0 Å². The Hall–Kier alpha value is -7.10. The third kappa shape index (κ3) is 4.34. The van der Waals surface area contributed by atoms with Crippen molar-refractivity contribution in [1.29, 1.82) is 0 Å². The lowest BCUT2D eigenvalue weighted by atomic mass is 9.70. The summed E-state index contributed by atoms with van der Waals surface area (Å²) >= 11 is 0. The summed E-state index contributed by atoms with van der Waals surface area (Å²) in [5.74, 6) is 1.53. The number of nitrogens with zero attached hydrogens (tertiary/aromatic N) is 1. The molecule has 8 aromatic carbocycles. The summed E-state index contributed by atoms with van der Waals surface area (Å²) in [5.41, 5.74) is 15.3. The van der Waals surface area contributed by atoms with E-state index < -0.39 is 5.41 Å². The number of anilines is 2. The largest absolute Gasteiger partial charge is 0.478 e. The molecular weight excluding hydrogens is 683 g/mol. The van der Waals surface area contributed by atoms with Crippen LogP contribution in [-0.4, -0.2) is 12.2 Å². The van der Waals surface area contributed by atoms with E-state index in [1.54, 1.807) is 0 Å². The fraction of sp³-hybridized carbons (Fsp3) is 0.0566. The van der Waals surface area contributed by atoms with Crippen LogP contribution in [0.2, 0.25) is 0 Å². The van der Waals surface area contributed by atoms with Gasteiger partial charge in [0, 0.05) is 11.4 Å². The van der Waals surface area contributed by atoms with Crippen LogP contribution in [0.3, 0.4) is 0 Å². The molecule has 3 aliphatic carbocycles. The summed E-state index contributed by atoms with van der Waals surface area (Å²) in [4.78, 5) is 2.31. The van der Waals surface area contributed by atoms with Gasteiger partial charge in [-0.2, -0.15) is 0 Å². The maximum atomic E-state index is 7.16. The van der Waals surface area contributed by atoms with Gasteiger partial charge in [-0.15, -0.1) is 0 Å². The van der Waals surface area contributed by atoms with Crippen LogP contribution in [-0.2, 0) is 5.41 Å². The Labute approximate surface area is 326 Å². The smallest absolute Gasteiger partial charge is 0.179 e. The van der Waals surface area contributed by atoms with Crippen molar-refractivity contribution in [3.63, 3.8) is 0 Å². The van der Waals surface area contributed by atoms with Crippen molar-refractivity contribution in [3.8, 4) is 44.9 Å². The molecule has 4 aliphatic rings. The molecule has 3 nitrogen and oxygen atoms in total. The molecule has 0 N–H and O–H groups in total. The molecule has 0 saturated carbocycles. The van der Waals surface area contributed by atoms with Gasteiger partial charge in [0.2, 0.25) is 0 Å². The van der Waals surface area contributed by atoms with Gasteiger partial charge < -0.3 is 14.4 Å². The number of rotatable bonds is 4. The molecule has 0 radical (unpaired) electrons. The SMILES string of the molecule is C1=CC2Oc3cc4c(cc3O[C@H]2C(N(c2ccccc2)c2ccc(-c3cccc5ccccc35)cc2)=C1)-c1ccccc1C41c2ccccc2-c2ccccc21. The number of hydrogen-bond acceptors (Lipinski definition) is 3. The van der Waals surface area contributed by atoms with E-state index in [4.69, 9.17) is 9.47 Å². The van der Waals surface area contributed by atoms with Crippen molar-refractivity contribution in [2.45, 2.75) is 17.6 Å². The highest BCUT2D eigenvalue weighted by Gasteiger charge is 2.52. The second-order valence-electron chi connectivity index (χ2n) is 15.1. The van der Waals surface area contributed by atoms with Gasteiger partial charge in [0.15, 0.2) is 23.7 Å². The van der Waals surface area contributed by atoms with Crippen LogP contribution in [0.1, 0.15) is 22.3 Å². The predicted molar refractivity (Wildman–Crippen MR) is 227 cm³/mol. The molecule has 1 spiro atoms. The van der Waals surface area contributed by atoms with E-state index in [2.05, 4.69) is 205 Å². The minimum absolute atomic E-state index is 0.315. The number of fused-ring (bicyclic) bond motifs is 13. The van der Waals surface area contributed by atoms with Gasteiger partial charge in [0.05, 0.1) is 11.1 Å². The highest BCUT2D eigenvalue weighted by Crippen LogP contribution is 2.64. The highest BCUT2D eigenvalue weighted by molar-refractivity contribution is 5.97. The number of benzene rings is 8. The van der Waals surface area contributed by atoms with Crippen molar-refractivity contribution in [2.24, 2.45) is 0 Å². The molecule has 0 saturated heterocycles. The number of para-hydroxylation sites is 1. The Balaban J connectivity index is 0.967. The fourth-order valence-electron chi connectivity index (χ4n) is 9.92. The first kappa shape index (κ1) is 31.3. The lowest BCUT2D eigenvalue weighted by molar-refractivity contribution is 0.0675. The van der Waals surface area contributed by atoms with Gasteiger partial charge in [-0.25, -0.2) is 0 Å². The lowest BCUT2D eigenvalue weighted by Crippen LogP contribution is -2.45. The average molecular weight is 718 g/mol. The molecule has 1 unspecified atom stereocenters. The molecule has 12 rings (SSSR count). The molecule has 3 heteroatoms. The van der Waals surface area contributed by atoms with E-state index in [-0.39, 0.29) is 12.2 Å². The van der Waals surface area contributed by atoms with Crippen LogP contribution in [0.25, 0.3) is 44.2 Å². The molecule has 1 heterocycles. The minimum Gasteiger partial charge on any atom is -0.478 e. The summed E-state index contributed by atoms with van der Waals surface area (Å²) < 4.78 is 14.2. The summed E-state index contributed by atoms with van der Waals surface area (Å²) in [7, 11) is 0. The van der Waals surface area contributed by atoms with Crippen LogP contribution in [0, 0.1) is 0 Å². The second-order valence-corrected chi connectivity index (χ2v) is 15.1. The first-order valence-corrected chi connectivity index (χ1v) is 19.4. The van der Waals surface area contributed by atoms with Gasteiger partial charge in [-0.05, 0) is 115 Å². The zero-order valence-electron chi connectivity index (χ0n) is 30.5. The standard InChI is InChI=1S/C53H35NO2/c1-2-16-36(17-3-1)54(37-30-28-35(29-31-37)39-22-12-15-34-14-4-5-18-38(34)39)48-26-13-27-49-52(48)56-50-32-43-42-21-8-11-25-46(42)53(47(43)33-51(50)55-49)44-23-9-6-19-40(44)41-20-7-10-24-45(41)53/h1-33,49,52H/t49?,52-/m0/s1. The van der Waals surface area contributed by atoms with Gasteiger partial charge >= 0.3 is 0 Å². The first-order chi connectivity index (χ1) is 27.8. The Kier molecular flexibility index (Phi) is 6.67. The summed E-state index contributed by atoms with van der Waals surface area (Å²) in [5, 5.41) is 2.49. The van der Waals surface area contributed by atoms with E-state index in [0.29, 0.717) is 0 Å². The molecule has 8 aromatic rings. The molecule has 0 fully saturated rings. The van der Waals surface area contributed by atoms with E-state index in [9.17, 15) is 0 Å². The zero-order valence-corrected chi connectivity index (χ0v) is 30.5. The van der Waals surface area contributed by atoms with E-state index in [1.165, 1.54) is 66.4 Å². The number of allylic oxidation sites excluding steroid dienone is 2. The maximum Gasteiger partial charge on any atom is 0.179 e. The van der Waals surface area contributed by atoms with Gasteiger partial charge in [-0.3, -0.25) is 0 Å². The molecule has 0 amide bonds. The highest BCUT2D eigenvalue weighted by atomic mass is 16.6. The first-order valence-electron chi connectivity index (χ1n) is 19.4. The van der Waals surface area contributed by atoms with Crippen molar-refractivity contribution in [3.05, 3.63) is 228 Å². The number of ether oxygens (including phenoxy) is 2. The molecule has 56 heavy (non-hydrogen) atoms. The zero-order chi connectivity index (χ0) is 36.8. The van der Waals surface area contributed by atoms with Crippen LogP contribution in [0.15, 0.2) is 206 Å². The third-order valence-electron chi connectivity index (χ3n) is 12.2. The van der Waals surface area contributed by atoms with Gasteiger partial charge in [0.25, 0.3) is 0 Å². The Morgan fingerprint density at radius 1 is 0.446 bits per heavy atom. The summed E-state index contributed by atoms with van der Waals surface area (Å²) in [6.45, 7) is 0. The fourth-order valence-corrected chi connectivity index (χ4v) is 9.92.